The summed E-state index contributed by atoms with van der Waals surface area (Å²) < 4.78 is 1.82. The van der Waals surface area contributed by atoms with Crippen LogP contribution < -0.4 is 5.43 Å². The highest BCUT2D eigenvalue weighted by molar-refractivity contribution is 6.30. The fraction of sp³-hybridized carbons (Fsp3) is 0.158. The summed E-state index contributed by atoms with van der Waals surface area (Å²) in [4.78, 5) is 25.1. The molecule has 0 aliphatic carbocycles. The second kappa shape index (κ2) is 7.09. The van der Waals surface area contributed by atoms with Gasteiger partial charge in [0.1, 0.15) is 5.56 Å². The third kappa shape index (κ3) is 2.99. The molecule has 1 N–H and O–H groups in total. The first-order valence-electron chi connectivity index (χ1n) is 7.99. The zero-order valence-corrected chi connectivity index (χ0v) is 15.0. The van der Waals surface area contributed by atoms with Gasteiger partial charge in [-0.25, -0.2) is 4.79 Å². The van der Waals surface area contributed by atoms with E-state index in [1.807, 2.05) is 11.5 Å². The summed E-state index contributed by atoms with van der Waals surface area (Å²) in [5.74, 6) is -1.27. The van der Waals surface area contributed by atoms with Gasteiger partial charge in [-0.15, -0.1) is 0 Å². The summed E-state index contributed by atoms with van der Waals surface area (Å²) in [5.41, 5.74) is 1.69. The van der Waals surface area contributed by atoms with E-state index in [0.717, 1.165) is 0 Å². The maximum atomic E-state index is 13.1. The topological polar surface area (TPSA) is 85.1 Å². The standard InChI is InChI=1S/C19H16ClN3O3/c1-3-23-11(2)15(13-8-9-21-22-10-13)18(24)16(19(25)26)17(23)12-4-6-14(20)7-5-12/h4-10H,3H2,1-2H3,(H,25,26). The monoisotopic (exact) mass is 369 g/mol. The van der Waals surface area contributed by atoms with Crippen molar-refractivity contribution < 1.29 is 9.90 Å². The molecule has 0 radical (unpaired) electrons. The maximum Gasteiger partial charge on any atom is 0.341 e. The molecule has 0 bridgehead atoms. The molecule has 0 saturated carbocycles. The summed E-state index contributed by atoms with van der Waals surface area (Å²) in [6, 6.07) is 8.40. The molecule has 26 heavy (non-hydrogen) atoms. The van der Waals surface area contributed by atoms with E-state index in [9.17, 15) is 14.7 Å². The Morgan fingerprint density at radius 1 is 1.15 bits per heavy atom. The molecule has 0 fully saturated rings. The first-order chi connectivity index (χ1) is 12.5. The minimum Gasteiger partial charge on any atom is -0.477 e. The normalized spacial score (nSPS) is 10.7. The van der Waals surface area contributed by atoms with Crippen molar-refractivity contribution in [2.75, 3.05) is 0 Å². The summed E-state index contributed by atoms with van der Waals surface area (Å²) in [7, 11) is 0. The molecule has 0 amide bonds. The van der Waals surface area contributed by atoms with Gasteiger partial charge in [-0.2, -0.15) is 10.2 Å². The number of rotatable bonds is 4. The lowest BCUT2D eigenvalue weighted by Gasteiger charge is -2.21. The molecule has 0 aliphatic heterocycles. The third-order valence-corrected chi connectivity index (χ3v) is 4.50. The molecule has 2 heterocycles. The lowest BCUT2D eigenvalue weighted by Crippen LogP contribution is -2.25. The van der Waals surface area contributed by atoms with Crippen LogP contribution in [0.15, 0.2) is 47.5 Å². The SMILES string of the molecule is CCn1c(C)c(-c2ccnnc2)c(=O)c(C(=O)O)c1-c1ccc(Cl)cc1. The van der Waals surface area contributed by atoms with Crippen LogP contribution in [0.2, 0.25) is 5.02 Å². The van der Waals surface area contributed by atoms with Crippen molar-refractivity contribution in [3.8, 4) is 22.4 Å². The highest BCUT2D eigenvalue weighted by Gasteiger charge is 2.25. The first-order valence-corrected chi connectivity index (χ1v) is 8.37. The van der Waals surface area contributed by atoms with Gasteiger partial charge in [-0.1, -0.05) is 23.7 Å². The molecule has 6 nitrogen and oxygen atoms in total. The number of hydrogen-bond donors (Lipinski definition) is 1. The predicted molar refractivity (Wildman–Crippen MR) is 99.5 cm³/mol. The van der Waals surface area contributed by atoms with Gasteiger partial charge in [0, 0.05) is 22.8 Å². The molecule has 7 heteroatoms. The van der Waals surface area contributed by atoms with Crippen LogP contribution in [0.5, 0.6) is 0 Å². The number of carboxylic acid groups (broad SMARTS) is 1. The summed E-state index contributed by atoms with van der Waals surface area (Å²) in [6.07, 6.45) is 2.93. The third-order valence-electron chi connectivity index (χ3n) is 4.25. The summed E-state index contributed by atoms with van der Waals surface area (Å²) in [5, 5.41) is 17.8. The predicted octanol–water partition coefficient (Wildman–Crippen LogP) is 3.65. The molecule has 0 atom stereocenters. The van der Waals surface area contributed by atoms with Crippen LogP contribution in [-0.2, 0) is 6.54 Å². The van der Waals surface area contributed by atoms with Crippen molar-refractivity contribution in [3.63, 3.8) is 0 Å². The summed E-state index contributed by atoms with van der Waals surface area (Å²) in [6.45, 7) is 4.19. The second-order valence-electron chi connectivity index (χ2n) is 5.70. The summed E-state index contributed by atoms with van der Waals surface area (Å²) >= 11 is 5.95. The van der Waals surface area contributed by atoms with Crippen molar-refractivity contribution in [3.05, 3.63) is 69.2 Å². The number of aromatic carboxylic acids is 1. The van der Waals surface area contributed by atoms with E-state index in [2.05, 4.69) is 10.2 Å². The highest BCUT2D eigenvalue weighted by Crippen LogP contribution is 2.29. The number of carboxylic acids is 1. The number of carbonyl (C=O) groups is 1. The van der Waals surface area contributed by atoms with E-state index in [-0.39, 0.29) is 5.56 Å². The van der Waals surface area contributed by atoms with E-state index >= 15 is 0 Å². The molecule has 3 aromatic rings. The Morgan fingerprint density at radius 3 is 2.38 bits per heavy atom. The van der Waals surface area contributed by atoms with E-state index in [4.69, 9.17) is 11.6 Å². The number of pyridine rings is 1. The average molecular weight is 370 g/mol. The molecule has 0 unspecified atom stereocenters. The van der Waals surface area contributed by atoms with E-state index < -0.39 is 11.4 Å². The number of nitrogens with zero attached hydrogens (tertiary/aromatic N) is 3. The van der Waals surface area contributed by atoms with Gasteiger partial charge in [-0.3, -0.25) is 4.79 Å². The Bertz CT molecular complexity index is 1030. The van der Waals surface area contributed by atoms with Gasteiger partial charge in [0.15, 0.2) is 0 Å². The van der Waals surface area contributed by atoms with Gasteiger partial charge in [0.05, 0.1) is 23.7 Å². The van der Waals surface area contributed by atoms with E-state index in [0.29, 0.717) is 39.6 Å². The van der Waals surface area contributed by atoms with Crippen molar-refractivity contribution in [1.29, 1.82) is 0 Å². The lowest BCUT2D eigenvalue weighted by atomic mass is 9.97. The Balaban J connectivity index is 2.45. The smallest absolute Gasteiger partial charge is 0.341 e. The molecule has 2 aromatic heterocycles. The lowest BCUT2D eigenvalue weighted by molar-refractivity contribution is 0.0695. The Hall–Kier alpha value is -2.99. The zero-order valence-electron chi connectivity index (χ0n) is 14.2. The minimum atomic E-state index is -1.27. The van der Waals surface area contributed by atoms with E-state index in [1.54, 1.807) is 37.3 Å². The largest absolute Gasteiger partial charge is 0.477 e. The van der Waals surface area contributed by atoms with Gasteiger partial charge < -0.3 is 9.67 Å². The Kier molecular flexibility index (Phi) is 4.86. The van der Waals surface area contributed by atoms with Crippen molar-refractivity contribution in [2.45, 2.75) is 20.4 Å². The van der Waals surface area contributed by atoms with Crippen LogP contribution >= 0.6 is 11.6 Å². The number of benzene rings is 1. The fourth-order valence-electron chi connectivity index (χ4n) is 3.11. The Labute approximate surface area is 154 Å². The minimum absolute atomic E-state index is 0.272. The quantitative estimate of drug-likeness (QED) is 0.758. The van der Waals surface area contributed by atoms with Crippen LogP contribution in [0, 0.1) is 6.92 Å². The van der Waals surface area contributed by atoms with Crippen molar-refractivity contribution >= 4 is 17.6 Å². The van der Waals surface area contributed by atoms with Crippen LogP contribution in [0.25, 0.3) is 22.4 Å². The fourth-order valence-corrected chi connectivity index (χ4v) is 3.24. The molecule has 0 spiro atoms. The maximum absolute atomic E-state index is 13.1. The van der Waals surface area contributed by atoms with Crippen molar-refractivity contribution in [1.82, 2.24) is 14.8 Å². The van der Waals surface area contributed by atoms with Crippen LogP contribution in [0.4, 0.5) is 0 Å². The molecule has 132 valence electrons. The number of aromatic nitrogens is 3. The van der Waals surface area contributed by atoms with Crippen molar-refractivity contribution in [2.24, 2.45) is 0 Å². The molecule has 1 aromatic carbocycles. The van der Waals surface area contributed by atoms with Crippen LogP contribution in [0.3, 0.4) is 0 Å². The molecule has 0 aliphatic rings. The number of hydrogen-bond acceptors (Lipinski definition) is 4. The first kappa shape index (κ1) is 17.8. The van der Waals surface area contributed by atoms with E-state index in [1.165, 1.54) is 12.4 Å². The van der Waals surface area contributed by atoms with Crippen LogP contribution in [-0.4, -0.2) is 25.8 Å². The van der Waals surface area contributed by atoms with Gasteiger partial charge in [-0.05, 0) is 37.6 Å². The molecular formula is C19H16ClN3O3. The second-order valence-corrected chi connectivity index (χ2v) is 6.14. The average Bonchev–Trinajstić information content (AvgIpc) is 2.62. The van der Waals surface area contributed by atoms with Gasteiger partial charge in [0.2, 0.25) is 5.43 Å². The van der Waals surface area contributed by atoms with Crippen LogP contribution in [0.1, 0.15) is 23.0 Å². The number of halogens is 1. The Morgan fingerprint density at radius 2 is 1.85 bits per heavy atom. The highest BCUT2D eigenvalue weighted by atomic mass is 35.5. The molecular weight excluding hydrogens is 354 g/mol. The zero-order chi connectivity index (χ0) is 18.8. The van der Waals surface area contributed by atoms with Gasteiger partial charge in [0.25, 0.3) is 0 Å². The molecule has 0 saturated heterocycles. The van der Waals surface area contributed by atoms with Gasteiger partial charge >= 0.3 is 5.97 Å². The molecule has 3 rings (SSSR count).